The van der Waals surface area contributed by atoms with E-state index >= 15 is 0 Å². The second kappa shape index (κ2) is 6.57. The smallest absolute Gasteiger partial charge is 0.404 e. The third kappa shape index (κ3) is 3.37. The average Bonchev–Trinajstić information content (AvgIpc) is 2.59. The average molecular weight is 309 g/mol. The van der Waals surface area contributed by atoms with Crippen LogP contribution in [0.25, 0.3) is 5.57 Å². The molecule has 0 aliphatic carbocycles. The predicted molar refractivity (Wildman–Crippen MR) is 89.9 cm³/mol. The second-order valence-electron chi connectivity index (χ2n) is 5.62. The Kier molecular flexibility index (Phi) is 4.33. The van der Waals surface area contributed by atoms with Gasteiger partial charge in [-0.05, 0) is 34.8 Å². The minimum Gasteiger partial charge on any atom is -0.493 e. The lowest BCUT2D eigenvalue weighted by atomic mass is 9.90. The summed E-state index contributed by atoms with van der Waals surface area (Å²) in [6.07, 6.45) is -0.182. The highest BCUT2D eigenvalue weighted by atomic mass is 16.5. The molecular weight excluding hydrogens is 290 g/mol. The van der Waals surface area contributed by atoms with Crippen LogP contribution in [0.4, 0.5) is 4.79 Å². The summed E-state index contributed by atoms with van der Waals surface area (Å²) in [5.74, 6) is 0.969. The number of amides is 1. The number of hydrogen-bond acceptors (Lipinski definition) is 2. The molecule has 118 valence electrons. The van der Waals surface area contributed by atoms with Crippen LogP contribution in [0.5, 0.6) is 5.75 Å². The topological polar surface area (TPSA) is 58.6 Å². The maximum absolute atomic E-state index is 10.7. The molecule has 1 heterocycles. The maximum atomic E-state index is 10.7. The van der Waals surface area contributed by atoms with E-state index in [1.807, 2.05) is 48.5 Å². The van der Waals surface area contributed by atoms with Gasteiger partial charge < -0.3 is 15.2 Å². The first-order valence-electron chi connectivity index (χ1n) is 7.63. The van der Waals surface area contributed by atoms with E-state index in [0.29, 0.717) is 13.2 Å². The van der Waals surface area contributed by atoms with Gasteiger partial charge in [0, 0.05) is 12.5 Å². The highest BCUT2D eigenvalue weighted by molar-refractivity contribution is 5.79. The first-order valence-corrected chi connectivity index (χ1v) is 7.63. The van der Waals surface area contributed by atoms with Crippen molar-refractivity contribution in [2.45, 2.75) is 12.3 Å². The SMILES string of the molecule is C=C(c1ccccc1)c1ccc2c(c1)OCC[C@H]2CNC(=O)O. The number of benzene rings is 2. The lowest BCUT2D eigenvalue weighted by Crippen LogP contribution is -2.29. The molecule has 2 N–H and O–H groups in total. The molecule has 0 fully saturated rings. The van der Waals surface area contributed by atoms with Gasteiger partial charge in [0.2, 0.25) is 0 Å². The lowest BCUT2D eigenvalue weighted by Gasteiger charge is -2.26. The third-order valence-corrected chi connectivity index (χ3v) is 4.15. The van der Waals surface area contributed by atoms with Crippen molar-refractivity contribution in [3.63, 3.8) is 0 Å². The Balaban J connectivity index is 1.84. The van der Waals surface area contributed by atoms with E-state index in [2.05, 4.69) is 11.9 Å². The molecule has 0 unspecified atom stereocenters. The molecule has 0 radical (unpaired) electrons. The minimum absolute atomic E-state index is 0.147. The summed E-state index contributed by atoms with van der Waals surface area (Å²) in [6.45, 7) is 5.18. The van der Waals surface area contributed by atoms with Crippen LogP contribution in [0.1, 0.15) is 29.0 Å². The van der Waals surface area contributed by atoms with Crippen LogP contribution in [0.15, 0.2) is 55.1 Å². The molecule has 4 heteroatoms. The molecule has 0 saturated heterocycles. The Labute approximate surface area is 135 Å². The first kappa shape index (κ1) is 15.2. The molecule has 23 heavy (non-hydrogen) atoms. The predicted octanol–water partition coefficient (Wildman–Crippen LogP) is 3.88. The van der Waals surface area contributed by atoms with E-state index in [1.54, 1.807) is 0 Å². The van der Waals surface area contributed by atoms with Crippen molar-refractivity contribution in [3.8, 4) is 5.75 Å². The van der Waals surface area contributed by atoms with E-state index < -0.39 is 6.09 Å². The summed E-state index contributed by atoms with van der Waals surface area (Å²) < 4.78 is 5.77. The van der Waals surface area contributed by atoms with Gasteiger partial charge in [-0.15, -0.1) is 0 Å². The Morgan fingerprint density at radius 3 is 2.74 bits per heavy atom. The van der Waals surface area contributed by atoms with Gasteiger partial charge in [0.1, 0.15) is 5.75 Å². The summed E-state index contributed by atoms with van der Waals surface area (Å²) in [7, 11) is 0. The standard InChI is InChI=1S/C19H19NO3/c1-13(14-5-3-2-4-6-14)15-7-8-17-16(12-20-19(21)22)9-10-23-18(17)11-15/h2-8,11,16,20H,1,9-10,12H2,(H,21,22)/t16-/m0/s1. The van der Waals surface area contributed by atoms with Crippen molar-refractivity contribution in [2.24, 2.45) is 0 Å². The zero-order valence-electron chi connectivity index (χ0n) is 12.8. The fourth-order valence-corrected chi connectivity index (χ4v) is 2.88. The van der Waals surface area contributed by atoms with Crippen molar-refractivity contribution >= 4 is 11.7 Å². The molecule has 0 spiro atoms. The zero-order valence-corrected chi connectivity index (χ0v) is 12.8. The summed E-state index contributed by atoms with van der Waals surface area (Å²) in [5, 5.41) is 11.2. The number of hydrogen-bond donors (Lipinski definition) is 2. The van der Waals surface area contributed by atoms with Crippen LogP contribution < -0.4 is 10.1 Å². The summed E-state index contributed by atoms with van der Waals surface area (Å²) in [6, 6.07) is 16.1. The van der Waals surface area contributed by atoms with Crippen LogP contribution in [0.3, 0.4) is 0 Å². The number of rotatable bonds is 4. The van der Waals surface area contributed by atoms with E-state index in [-0.39, 0.29) is 5.92 Å². The lowest BCUT2D eigenvalue weighted by molar-refractivity contribution is 0.191. The molecule has 1 aliphatic rings. The Hall–Kier alpha value is -2.75. The minimum atomic E-state index is -0.993. The van der Waals surface area contributed by atoms with Crippen molar-refractivity contribution in [1.29, 1.82) is 0 Å². The molecule has 2 aromatic carbocycles. The molecule has 3 rings (SSSR count). The van der Waals surface area contributed by atoms with Gasteiger partial charge in [-0.1, -0.05) is 49.0 Å². The fraction of sp³-hybridized carbons (Fsp3) is 0.211. The summed E-state index contributed by atoms with van der Waals surface area (Å²) >= 11 is 0. The van der Waals surface area contributed by atoms with Gasteiger partial charge in [-0.3, -0.25) is 0 Å². The van der Waals surface area contributed by atoms with E-state index in [4.69, 9.17) is 9.84 Å². The normalized spacial score (nSPS) is 16.1. The quantitative estimate of drug-likeness (QED) is 0.901. The molecule has 1 aliphatic heterocycles. The van der Waals surface area contributed by atoms with Crippen molar-refractivity contribution in [2.75, 3.05) is 13.2 Å². The molecule has 2 aromatic rings. The van der Waals surface area contributed by atoms with Crippen molar-refractivity contribution in [3.05, 3.63) is 71.8 Å². The van der Waals surface area contributed by atoms with Gasteiger partial charge in [-0.2, -0.15) is 0 Å². The van der Waals surface area contributed by atoms with Gasteiger partial charge >= 0.3 is 6.09 Å². The first-order chi connectivity index (χ1) is 11.1. The highest BCUT2D eigenvalue weighted by Gasteiger charge is 2.22. The van der Waals surface area contributed by atoms with Crippen LogP contribution in [0.2, 0.25) is 0 Å². The van der Waals surface area contributed by atoms with Crippen LogP contribution >= 0.6 is 0 Å². The van der Waals surface area contributed by atoms with Gasteiger partial charge in [0.15, 0.2) is 0 Å². The number of fused-ring (bicyclic) bond motifs is 1. The van der Waals surface area contributed by atoms with E-state index in [0.717, 1.165) is 34.4 Å². The van der Waals surface area contributed by atoms with Gasteiger partial charge in [-0.25, -0.2) is 4.79 Å². The van der Waals surface area contributed by atoms with Crippen molar-refractivity contribution < 1.29 is 14.6 Å². The van der Waals surface area contributed by atoms with Crippen molar-refractivity contribution in [1.82, 2.24) is 5.32 Å². The number of carbonyl (C=O) groups is 1. The zero-order chi connectivity index (χ0) is 16.2. The van der Waals surface area contributed by atoms with Gasteiger partial charge in [0.05, 0.1) is 6.61 Å². The summed E-state index contributed by atoms with van der Waals surface area (Å²) in [4.78, 5) is 10.7. The van der Waals surface area contributed by atoms with E-state index in [9.17, 15) is 4.79 Å². The number of nitrogens with one attached hydrogen (secondary N) is 1. The van der Waals surface area contributed by atoms with E-state index in [1.165, 1.54) is 0 Å². The number of carboxylic acid groups (broad SMARTS) is 1. The third-order valence-electron chi connectivity index (χ3n) is 4.15. The van der Waals surface area contributed by atoms with Crippen LogP contribution in [-0.2, 0) is 0 Å². The number of ether oxygens (including phenoxy) is 1. The highest BCUT2D eigenvalue weighted by Crippen LogP contribution is 2.36. The molecule has 0 bridgehead atoms. The van der Waals surface area contributed by atoms with Crippen LogP contribution in [-0.4, -0.2) is 24.4 Å². The second-order valence-corrected chi connectivity index (χ2v) is 5.62. The largest absolute Gasteiger partial charge is 0.493 e. The Bertz CT molecular complexity index is 725. The molecule has 1 atom stereocenters. The molecular formula is C19H19NO3. The molecule has 0 aromatic heterocycles. The maximum Gasteiger partial charge on any atom is 0.404 e. The summed E-state index contributed by atoms with van der Waals surface area (Å²) in [5.41, 5.74) is 4.09. The molecule has 1 amide bonds. The Morgan fingerprint density at radius 2 is 2.00 bits per heavy atom. The fourth-order valence-electron chi connectivity index (χ4n) is 2.88. The molecule has 4 nitrogen and oxygen atoms in total. The van der Waals surface area contributed by atoms with Gasteiger partial charge in [0.25, 0.3) is 0 Å². The Morgan fingerprint density at radius 1 is 1.22 bits per heavy atom. The van der Waals surface area contributed by atoms with Crippen LogP contribution in [0, 0.1) is 0 Å². The monoisotopic (exact) mass is 309 g/mol. The molecule has 0 saturated carbocycles.